The van der Waals surface area contributed by atoms with Crippen molar-refractivity contribution in [3.05, 3.63) is 0 Å². The Morgan fingerprint density at radius 1 is 0.938 bits per heavy atom. The van der Waals surface area contributed by atoms with Crippen molar-refractivity contribution in [1.82, 2.24) is 0 Å². The van der Waals surface area contributed by atoms with E-state index in [1.54, 1.807) is 0 Å². The minimum absolute atomic E-state index is 0.239. The first kappa shape index (κ1) is 15.2. The number of aliphatic carboxylic acids is 2. The molecule has 0 heterocycles. The fourth-order valence-electron chi connectivity index (χ4n) is 1.43. The Morgan fingerprint density at radius 3 is 1.94 bits per heavy atom. The topological polar surface area (TPSA) is 74.6 Å². The number of carboxylic acids is 2. The second-order valence-corrected chi connectivity index (χ2v) is 4.39. The van der Waals surface area contributed by atoms with Crippen molar-refractivity contribution in [2.45, 2.75) is 56.7 Å². The Hall–Kier alpha value is -0.770. The molecule has 2 N–H and O–H groups in total. The molecule has 0 fully saturated rings. The minimum atomic E-state index is -0.955. The van der Waals surface area contributed by atoms with Gasteiger partial charge in [-0.1, -0.05) is 32.1 Å². The highest BCUT2D eigenvalue weighted by molar-refractivity contribution is 6.29. The summed E-state index contributed by atoms with van der Waals surface area (Å²) in [7, 11) is 0. The van der Waals surface area contributed by atoms with Gasteiger partial charge in [0.25, 0.3) is 0 Å². The average Bonchev–Trinajstić information content (AvgIpc) is 2.21. The van der Waals surface area contributed by atoms with Crippen molar-refractivity contribution in [2.75, 3.05) is 0 Å². The van der Waals surface area contributed by atoms with Crippen molar-refractivity contribution in [3.63, 3.8) is 0 Å². The number of hydrogen-bond acceptors (Lipinski definition) is 2. The molecule has 0 bridgehead atoms. The van der Waals surface area contributed by atoms with Gasteiger partial charge in [-0.2, -0.15) is 0 Å². The van der Waals surface area contributed by atoms with Gasteiger partial charge in [-0.15, -0.1) is 11.6 Å². The third-order valence-corrected chi connectivity index (χ3v) is 2.77. The van der Waals surface area contributed by atoms with E-state index in [1.165, 1.54) is 0 Å². The van der Waals surface area contributed by atoms with E-state index in [9.17, 15) is 9.59 Å². The number of halogens is 1. The second-order valence-electron chi connectivity index (χ2n) is 3.86. The molecule has 0 aromatic heterocycles. The number of alkyl halides is 1. The maximum absolute atomic E-state index is 10.4. The van der Waals surface area contributed by atoms with Crippen LogP contribution in [0.1, 0.15) is 51.4 Å². The van der Waals surface area contributed by atoms with Gasteiger partial charge >= 0.3 is 11.9 Å². The monoisotopic (exact) mass is 250 g/mol. The lowest BCUT2D eigenvalue weighted by molar-refractivity contribution is -0.137. The maximum Gasteiger partial charge on any atom is 0.321 e. The smallest absolute Gasteiger partial charge is 0.321 e. The Morgan fingerprint density at radius 2 is 1.44 bits per heavy atom. The highest BCUT2D eigenvalue weighted by Gasteiger charge is 2.11. The van der Waals surface area contributed by atoms with Crippen LogP contribution in [0, 0.1) is 0 Å². The summed E-state index contributed by atoms with van der Waals surface area (Å²) in [6, 6.07) is 0. The molecular formula is C11H19ClO4. The molecule has 0 aliphatic heterocycles. The highest BCUT2D eigenvalue weighted by Crippen LogP contribution is 2.12. The first-order valence-electron chi connectivity index (χ1n) is 5.62. The first-order valence-corrected chi connectivity index (χ1v) is 6.06. The number of carbonyl (C=O) groups is 2. The van der Waals surface area contributed by atoms with Crippen LogP contribution in [0.5, 0.6) is 0 Å². The van der Waals surface area contributed by atoms with Crippen LogP contribution < -0.4 is 0 Å². The second kappa shape index (κ2) is 9.46. The normalized spacial score (nSPS) is 12.3. The number of hydrogen-bond donors (Lipinski definition) is 2. The largest absolute Gasteiger partial charge is 0.481 e. The molecule has 0 aromatic rings. The standard InChI is InChI=1S/C11H19ClO4/c12-9(11(15)16)7-5-3-1-2-4-6-8-10(13)14/h9H,1-8H2,(H,13,14)(H,15,16). The van der Waals surface area contributed by atoms with Crippen LogP contribution in [0.2, 0.25) is 0 Å². The molecule has 1 atom stereocenters. The van der Waals surface area contributed by atoms with Crippen molar-refractivity contribution in [1.29, 1.82) is 0 Å². The third-order valence-electron chi connectivity index (χ3n) is 2.37. The van der Waals surface area contributed by atoms with Gasteiger partial charge in [0.05, 0.1) is 0 Å². The third kappa shape index (κ3) is 9.77. The molecule has 0 saturated heterocycles. The first-order chi connectivity index (χ1) is 7.54. The number of rotatable bonds is 10. The van der Waals surface area contributed by atoms with Gasteiger partial charge in [-0.05, 0) is 12.8 Å². The highest BCUT2D eigenvalue weighted by atomic mass is 35.5. The molecule has 0 rings (SSSR count). The van der Waals surface area contributed by atoms with E-state index in [0.717, 1.165) is 38.5 Å². The molecule has 4 nitrogen and oxygen atoms in total. The SMILES string of the molecule is O=C(O)CCCCCCCCC(Cl)C(=O)O. The Balaban J connectivity index is 3.15. The van der Waals surface area contributed by atoms with Crippen molar-refractivity contribution in [2.24, 2.45) is 0 Å². The molecule has 16 heavy (non-hydrogen) atoms. The summed E-state index contributed by atoms with van der Waals surface area (Å²) in [5.41, 5.74) is 0. The summed E-state index contributed by atoms with van der Waals surface area (Å²) in [5, 5.41) is 16.1. The van der Waals surface area contributed by atoms with Gasteiger partial charge in [-0.25, -0.2) is 0 Å². The Labute approximate surface area is 101 Å². The molecule has 0 amide bonds. The molecule has 5 heteroatoms. The Kier molecular flexibility index (Phi) is 9.00. The van der Waals surface area contributed by atoms with Gasteiger partial charge in [0.15, 0.2) is 0 Å². The fourth-order valence-corrected chi connectivity index (χ4v) is 1.58. The van der Waals surface area contributed by atoms with Crippen molar-refractivity contribution < 1.29 is 19.8 Å². The summed E-state index contributed by atoms with van der Waals surface area (Å²) in [5.74, 6) is -1.70. The number of unbranched alkanes of at least 4 members (excludes halogenated alkanes) is 5. The van der Waals surface area contributed by atoms with Crippen LogP contribution >= 0.6 is 11.6 Å². The van der Waals surface area contributed by atoms with E-state index in [-0.39, 0.29) is 6.42 Å². The van der Waals surface area contributed by atoms with Gasteiger partial charge in [0, 0.05) is 6.42 Å². The van der Waals surface area contributed by atoms with Crippen molar-refractivity contribution >= 4 is 23.5 Å². The quantitative estimate of drug-likeness (QED) is 0.462. The molecular weight excluding hydrogens is 232 g/mol. The zero-order valence-electron chi connectivity index (χ0n) is 9.32. The Bertz CT molecular complexity index is 218. The van der Waals surface area contributed by atoms with Gasteiger partial charge in [0.2, 0.25) is 0 Å². The fraction of sp³-hybridized carbons (Fsp3) is 0.818. The zero-order valence-corrected chi connectivity index (χ0v) is 10.1. The lowest BCUT2D eigenvalue weighted by Crippen LogP contribution is -2.12. The van der Waals surface area contributed by atoms with E-state index in [1.807, 2.05) is 0 Å². The molecule has 0 saturated carbocycles. The lowest BCUT2D eigenvalue weighted by Gasteiger charge is -2.03. The summed E-state index contributed by atoms with van der Waals surface area (Å²) < 4.78 is 0. The summed E-state index contributed by atoms with van der Waals surface area (Å²) in [6.45, 7) is 0. The molecule has 0 aliphatic rings. The van der Waals surface area contributed by atoms with Crippen LogP contribution in [0.15, 0.2) is 0 Å². The maximum atomic E-state index is 10.4. The van der Waals surface area contributed by atoms with Crippen LogP contribution in [-0.2, 0) is 9.59 Å². The average molecular weight is 251 g/mol. The van der Waals surface area contributed by atoms with Crippen molar-refractivity contribution in [3.8, 4) is 0 Å². The molecule has 0 aromatic carbocycles. The van der Waals surface area contributed by atoms with E-state index in [2.05, 4.69) is 0 Å². The minimum Gasteiger partial charge on any atom is -0.481 e. The van der Waals surface area contributed by atoms with Crippen LogP contribution in [0.3, 0.4) is 0 Å². The van der Waals surface area contributed by atoms with Crippen LogP contribution in [0.25, 0.3) is 0 Å². The summed E-state index contributed by atoms with van der Waals surface area (Å²) in [4.78, 5) is 20.6. The summed E-state index contributed by atoms with van der Waals surface area (Å²) >= 11 is 5.55. The molecule has 0 spiro atoms. The van der Waals surface area contributed by atoms with Gasteiger partial charge in [-0.3, -0.25) is 9.59 Å². The predicted molar refractivity (Wildman–Crippen MR) is 61.8 cm³/mol. The molecule has 0 aliphatic carbocycles. The van der Waals surface area contributed by atoms with E-state index in [0.29, 0.717) is 6.42 Å². The van der Waals surface area contributed by atoms with Crippen LogP contribution in [-0.4, -0.2) is 27.5 Å². The van der Waals surface area contributed by atoms with E-state index < -0.39 is 17.3 Å². The molecule has 1 unspecified atom stereocenters. The van der Waals surface area contributed by atoms with Crippen LogP contribution in [0.4, 0.5) is 0 Å². The predicted octanol–water partition coefficient (Wildman–Crippen LogP) is 2.88. The zero-order chi connectivity index (χ0) is 12.4. The molecule has 0 radical (unpaired) electrons. The van der Waals surface area contributed by atoms with E-state index in [4.69, 9.17) is 21.8 Å². The molecule has 94 valence electrons. The van der Waals surface area contributed by atoms with Gasteiger partial charge in [0.1, 0.15) is 5.38 Å². The van der Waals surface area contributed by atoms with Gasteiger partial charge < -0.3 is 10.2 Å². The number of carboxylic acid groups (broad SMARTS) is 2. The lowest BCUT2D eigenvalue weighted by atomic mass is 10.1. The van der Waals surface area contributed by atoms with E-state index >= 15 is 0 Å². The summed E-state index contributed by atoms with van der Waals surface area (Å²) in [6.07, 6.45) is 6.20.